The molecule has 0 saturated heterocycles. The molecule has 1 aliphatic rings. The van der Waals surface area contributed by atoms with Crippen molar-refractivity contribution in [1.29, 1.82) is 0 Å². The summed E-state index contributed by atoms with van der Waals surface area (Å²) in [4.78, 5) is 15.3. The minimum Gasteiger partial charge on any atom is -0.456 e. The van der Waals surface area contributed by atoms with Gasteiger partial charge in [-0.05, 0) is 71.8 Å². The zero-order chi connectivity index (χ0) is 39.2. The summed E-state index contributed by atoms with van der Waals surface area (Å²) in [6.07, 6.45) is 0. The van der Waals surface area contributed by atoms with Crippen molar-refractivity contribution in [1.82, 2.24) is 19.5 Å². The highest BCUT2D eigenvalue weighted by Gasteiger charge is 2.34. The average molecular weight is 779 g/mol. The van der Waals surface area contributed by atoms with E-state index in [0.717, 1.165) is 71.7 Å². The van der Waals surface area contributed by atoms with Gasteiger partial charge in [0.1, 0.15) is 11.2 Å². The van der Waals surface area contributed by atoms with Gasteiger partial charge < -0.3 is 8.98 Å². The number of hydrogen-bond acceptors (Lipinski definition) is 6. The maximum absolute atomic E-state index is 14.5. The van der Waals surface area contributed by atoms with Gasteiger partial charge in [0.2, 0.25) is 9.84 Å². The number of rotatable bonds is 5. The molecular weight excluding hydrogens is 749 g/mol. The summed E-state index contributed by atoms with van der Waals surface area (Å²) in [6.45, 7) is 0. The number of sulfone groups is 1. The summed E-state index contributed by atoms with van der Waals surface area (Å²) < 4.78 is 37.5. The highest BCUT2D eigenvalue weighted by molar-refractivity contribution is 7.92. The first kappa shape index (κ1) is 33.5. The van der Waals surface area contributed by atoms with Gasteiger partial charge in [-0.25, -0.2) is 23.4 Å². The van der Waals surface area contributed by atoms with E-state index >= 15 is 0 Å². The number of aromatic nitrogens is 4. The minimum absolute atomic E-state index is 0.232. The van der Waals surface area contributed by atoms with Crippen molar-refractivity contribution >= 4 is 53.6 Å². The molecule has 3 aromatic heterocycles. The number of hydrogen-bond donors (Lipinski definition) is 0. The molecule has 4 heterocycles. The van der Waals surface area contributed by atoms with Crippen LogP contribution < -0.4 is 0 Å². The second-order valence-corrected chi connectivity index (χ2v) is 16.7. The number of fused-ring (bicyclic) bond motifs is 9. The Morgan fingerprint density at radius 1 is 0.390 bits per heavy atom. The molecule has 0 unspecified atom stereocenters. The van der Waals surface area contributed by atoms with E-state index in [1.54, 1.807) is 6.07 Å². The molecule has 59 heavy (non-hydrogen) atoms. The molecule has 0 saturated carbocycles. The van der Waals surface area contributed by atoms with E-state index in [0.29, 0.717) is 34.2 Å². The average Bonchev–Trinajstić information content (AvgIpc) is 3.91. The van der Waals surface area contributed by atoms with Crippen LogP contribution in [0.3, 0.4) is 0 Å². The molecule has 0 radical (unpaired) electrons. The molecule has 8 aromatic carbocycles. The second-order valence-electron chi connectivity index (χ2n) is 14.8. The molecule has 8 heteroatoms. The van der Waals surface area contributed by atoms with E-state index in [2.05, 4.69) is 59.2 Å². The third-order valence-electron chi connectivity index (χ3n) is 11.4. The van der Waals surface area contributed by atoms with E-state index in [4.69, 9.17) is 19.4 Å². The standard InChI is InChI=1S/C51H30N4O3S/c56-59(57)47-29-33(32-22-26-44-42(27-32)37-15-7-9-17-43(37)55(44)36-13-5-2-6-14-36)19-24-40(47)41-25-21-35(30-48(41)59)51-53-49(31-11-3-1-4-12-31)52-50(54-51)34-20-23-39-38-16-8-10-18-45(38)58-46(39)28-34/h1-30H. The Labute approximate surface area is 338 Å². The van der Waals surface area contributed by atoms with Gasteiger partial charge in [-0.3, -0.25) is 0 Å². The molecule has 0 N–H and O–H groups in total. The van der Waals surface area contributed by atoms with E-state index in [1.165, 1.54) is 0 Å². The highest BCUT2D eigenvalue weighted by atomic mass is 32.2. The van der Waals surface area contributed by atoms with Crippen molar-refractivity contribution in [2.24, 2.45) is 0 Å². The minimum atomic E-state index is -3.88. The zero-order valence-corrected chi connectivity index (χ0v) is 32.1. The van der Waals surface area contributed by atoms with Gasteiger partial charge in [-0.15, -0.1) is 0 Å². The SMILES string of the molecule is O=S1(=O)c2cc(-c3ccc4c(c3)c3ccccc3n4-c3ccccc3)ccc2-c2ccc(-c3nc(-c4ccccc4)nc(-c4ccc5c(c4)oc4ccccc45)n3)cc21. The summed E-state index contributed by atoms with van der Waals surface area (Å²) >= 11 is 0. The Hall–Kier alpha value is -7.68. The third-order valence-corrected chi connectivity index (χ3v) is 13.2. The Morgan fingerprint density at radius 2 is 0.915 bits per heavy atom. The fourth-order valence-electron chi connectivity index (χ4n) is 8.59. The van der Waals surface area contributed by atoms with Crippen LogP contribution in [0.15, 0.2) is 196 Å². The van der Waals surface area contributed by atoms with Gasteiger partial charge in [0, 0.05) is 55.0 Å². The second kappa shape index (κ2) is 12.7. The highest BCUT2D eigenvalue weighted by Crippen LogP contribution is 2.46. The Morgan fingerprint density at radius 3 is 1.68 bits per heavy atom. The van der Waals surface area contributed by atoms with Crippen LogP contribution in [0, 0.1) is 0 Å². The van der Waals surface area contributed by atoms with Crippen molar-refractivity contribution in [2.75, 3.05) is 0 Å². The molecule has 0 aliphatic carbocycles. The molecule has 1 aliphatic heterocycles. The third kappa shape index (κ3) is 5.20. The molecule has 0 spiro atoms. The lowest BCUT2D eigenvalue weighted by molar-refractivity contribution is 0.598. The zero-order valence-electron chi connectivity index (χ0n) is 31.2. The van der Waals surface area contributed by atoms with E-state index < -0.39 is 9.84 Å². The van der Waals surface area contributed by atoms with E-state index in [1.807, 2.05) is 121 Å². The van der Waals surface area contributed by atoms with Crippen LogP contribution in [-0.4, -0.2) is 27.9 Å². The number of para-hydroxylation sites is 3. The Balaban J connectivity index is 0.950. The largest absolute Gasteiger partial charge is 0.456 e. The van der Waals surface area contributed by atoms with Crippen LogP contribution in [0.2, 0.25) is 0 Å². The smallest absolute Gasteiger partial charge is 0.207 e. The summed E-state index contributed by atoms with van der Waals surface area (Å²) in [7, 11) is -3.88. The first-order valence-electron chi connectivity index (χ1n) is 19.3. The fourth-order valence-corrected chi connectivity index (χ4v) is 10.3. The molecular formula is C51H30N4O3S. The lowest BCUT2D eigenvalue weighted by Gasteiger charge is -2.09. The molecule has 7 nitrogen and oxygen atoms in total. The monoisotopic (exact) mass is 778 g/mol. The maximum Gasteiger partial charge on any atom is 0.207 e. The van der Waals surface area contributed by atoms with Gasteiger partial charge in [0.25, 0.3) is 0 Å². The first-order chi connectivity index (χ1) is 29.0. The lowest BCUT2D eigenvalue weighted by Crippen LogP contribution is -2.01. The normalized spacial score (nSPS) is 13.0. The molecule has 0 amide bonds. The summed E-state index contributed by atoms with van der Waals surface area (Å²) in [5, 5.41) is 4.27. The Bertz CT molecular complexity index is 3630. The van der Waals surface area contributed by atoms with Gasteiger partial charge in [-0.2, -0.15) is 0 Å². The van der Waals surface area contributed by atoms with Crippen LogP contribution in [0.1, 0.15) is 0 Å². The molecule has 0 bridgehead atoms. The summed E-state index contributed by atoms with van der Waals surface area (Å²) in [5.74, 6) is 1.31. The first-order valence-corrected chi connectivity index (χ1v) is 20.8. The Kier molecular flexibility index (Phi) is 7.18. The number of benzene rings is 8. The van der Waals surface area contributed by atoms with Crippen LogP contribution in [0.4, 0.5) is 0 Å². The molecule has 0 fully saturated rings. The summed E-state index contributed by atoms with van der Waals surface area (Å²) in [6, 6.07) is 59.9. The van der Waals surface area contributed by atoms with Crippen molar-refractivity contribution in [3.05, 3.63) is 182 Å². The maximum atomic E-state index is 14.5. The summed E-state index contributed by atoms with van der Waals surface area (Å²) in [5.41, 5.74) is 10.1. The van der Waals surface area contributed by atoms with E-state index in [9.17, 15) is 8.42 Å². The van der Waals surface area contributed by atoms with Crippen LogP contribution in [0.25, 0.3) is 106 Å². The van der Waals surface area contributed by atoms with Crippen molar-refractivity contribution in [3.8, 4) is 62.1 Å². The predicted molar refractivity (Wildman–Crippen MR) is 234 cm³/mol. The number of furan rings is 1. The van der Waals surface area contributed by atoms with Gasteiger partial charge in [0.05, 0.1) is 20.8 Å². The van der Waals surface area contributed by atoms with E-state index in [-0.39, 0.29) is 9.79 Å². The van der Waals surface area contributed by atoms with Crippen LogP contribution >= 0.6 is 0 Å². The van der Waals surface area contributed by atoms with Crippen LogP contribution in [0.5, 0.6) is 0 Å². The molecule has 11 aromatic rings. The van der Waals surface area contributed by atoms with Crippen molar-refractivity contribution in [2.45, 2.75) is 9.79 Å². The fraction of sp³-hybridized carbons (Fsp3) is 0. The molecule has 0 atom stereocenters. The molecule has 278 valence electrons. The van der Waals surface area contributed by atoms with Crippen molar-refractivity contribution in [3.63, 3.8) is 0 Å². The number of nitrogens with zero attached hydrogens (tertiary/aromatic N) is 4. The van der Waals surface area contributed by atoms with Gasteiger partial charge in [0.15, 0.2) is 17.5 Å². The quantitative estimate of drug-likeness (QED) is 0.173. The van der Waals surface area contributed by atoms with Gasteiger partial charge >= 0.3 is 0 Å². The van der Waals surface area contributed by atoms with Crippen LogP contribution in [-0.2, 0) is 9.84 Å². The lowest BCUT2D eigenvalue weighted by atomic mass is 9.98. The predicted octanol–water partition coefficient (Wildman–Crippen LogP) is 12.3. The van der Waals surface area contributed by atoms with Crippen molar-refractivity contribution < 1.29 is 12.8 Å². The topological polar surface area (TPSA) is 90.9 Å². The van der Waals surface area contributed by atoms with Gasteiger partial charge in [-0.1, -0.05) is 121 Å². The molecule has 12 rings (SSSR count).